The molecule has 4 nitrogen and oxygen atoms in total. The molecule has 0 spiro atoms. The molecule has 1 aliphatic carbocycles. The van der Waals surface area contributed by atoms with E-state index in [1.165, 1.54) is 0 Å². The van der Waals surface area contributed by atoms with Gasteiger partial charge in [0.25, 0.3) is 5.88 Å². The fourth-order valence-corrected chi connectivity index (χ4v) is 1.35. The lowest BCUT2D eigenvalue weighted by Gasteiger charge is -2.14. The Labute approximate surface area is 95.8 Å². The Morgan fingerprint density at radius 3 is 2.81 bits per heavy atom. The maximum Gasteiger partial charge on any atom is 0.257 e. The third kappa shape index (κ3) is 2.85. The molecule has 2 N–H and O–H groups in total. The number of hydrogen-bond donors (Lipinski definition) is 1. The van der Waals surface area contributed by atoms with E-state index in [0.29, 0.717) is 18.5 Å². The monoisotopic (exact) mass is 222 g/mol. The molecule has 0 saturated heterocycles. The van der Waals surface area contributed by atoms with Crippen molar-refractivity contribution in [2.24, 2.45) is 5.73 Å². The van der Waals surface area contributed by atoms with Gasteiger partial charge in [0.2, 0.25) is 0 Å². The van der Waals surface area contributed by atoms with Crippen LogP contribution in [0.4, 0.5) is 0 Å². The molecule has 0 amide bonds. The summed E-state index contributed by atoms with van der Waals surface area (Å²) < 4.78 is 11.4. The second-order valence-electron chi connectivity index (χ2n) is 4.33. The van der Waals surface area contributed by atoms with Gasteiger partial charge in [0.1, 0.15) is 0 Å². The normalized spacial score (nSPS) is 15.2. The minimum Gasteiger partial charge on any atom is -0.485 e. The number of hydrogen-bond acceptors (Lipinski definition) is 4. The molecule has 0 atom stereocenters. The lowest BCUT2D eigenvalue weighted by atomic mass is 10.3. The van der Waals surface area contributed by atoms with E-state index in [9.17, 15) is 0 Å². The Morgan fingerprint density at radius 1 is 1.50 bits per heavy atom. The largest absolute Gasteiger partial charge is 0.485 e. The molecule has 1 aliphatic rings. The van der Waals surface area contributed by atoms with Crippen LogP contribution in [-0.2, 0) is 6.54 Å². The molecule has 1 aromatic rings. The van der Waals surface area contributed by atoms with Crippen LogP contribution in [-0.4, -0.2) is 17.2 Å². The first-order valence-corrected chi connectivity index (χ1v) is 5.71. The van der Waals surface area contributed by atoms with Crippen LogP contribution in [0.5, 0.6) is 11.6 Å². The zero-order chi connectivity index (χ0) is 11.5. The minimum atomic E-state index is 0.0952. The topological polar surface area (TPSA) is 57.4 Å². The minimum absolute atomic E-state index is 0.0952. The Bertz CT molecular complexity index is 362. The van der Waals surface area contributed by atoms with E-state index in [1.54, 1.807) is 6.20 Å². The van der Waals surface area contributed by atoms with E-state index < -0.39 is 0 Å². The maximum atomic E-state index is 5.76. The van der Waals surface area contributed by atoms with Crippen LogP contribution >= 0.6 is 0 Å². The summed E-state index contributed by atoms with van der Waals surface area (Å²) in [6.07, 6.45) is 4.40. The van der Waals surface area contributed by atoms with Crippen molar-refractivity contribution in [1.82, 2.24) is 4.98 Å². The number of pyridine rings is 1. The van der Waals surface area contributed by atoms with Crippen LogP contribution in [0.2, 0.25) is 0 Å². The smallest absolute Gasteiger partial charge is 0.257 e. The third-order valence-corrected chi connectivity index (χ3v) is 2.28. The summed E-state index contributed by atoms with van der Waals surface area (Å²) in [6, 6.07) is 1.92. The Morgan fingerprint density at radius 2 is 2.25 bits per heavy atom. The standard InChI is InChI=1S/C12H18N2O2/c1-8(2)15-12-11(16-10-3-4-10)5-9(6-13)7-14-12/h5,7-8,10H,3-4,6,13H2,1-2H3. The number of aromatic nitrogens is 1. The number of nitrogens with two attached hydrogens (primary N) is 1. The SMILES string of the molecule is CC(C)Oc1ncc(CN)cc1OC1CC1. The van der Waals surface area contributed by atoms with Crippen LogP contribution < -0.4 is 15.2 Å². The van der Waals surface area contributed by atoms with E-state index >= 15 is 0 Å². The van der Waals surface area contributed by atoms with Crippen LogP contribution in [0.1, 0.15) is 32.3 Å². The van der Waals surface area contributed by atoms with Gasteiger partial charge >= 0.3 is 0 Å². The fourth-order valence-electron chi connectivity index (χ4n) is 1.35. The van der Waals surface area contributed by atoms with Crippen LogP contribution in [0.25, 0.3) is 0 Å². The first-order valence-electron chi connectivity index (χ1n) is 5.71. The van der Waals surface area contributed by atoms with Crippen LogP contribution in [0, 0.1) is 0 Å². The van der Waals surface area contributed by atoms with E-state index in [4.69, 9.17) is 15.2 Å². The van der Waals surface area contributed by atoms with Crippen molar-refractivity contribution in [2.75, 3.05) is 0 Å². The van der Waals surface area contributed by atoms with Crippen molar-refractivity contribution in [3.05, 3.63) is 17.8 Å². The van der Waals surface area contributed by atoms with Crippen molar-refractivity contribution in [2.45, 2.75) is 45.4 Å². The number of ether oxygens (including phenoxy) is 2. The maximum absolute atomic E-state index is 5.76. The van der Waals surface area contributed by atoms with Crippen molar-refractivity contribution in [3.8, 4) is 11.6 Å². The molecular formula is C12H18N2O2. The van der Waals surface area contributed by atoms with Gasteiger partial charge in [-0.25, -0.2) is 4.98 Å². The molecule has 1 heterocycles. The zero-order valence-corrected chi connectivity index (χ0v) is 9.77. The first-order chi connectivity index (χ1) is 7.69. The van der Waals surface area contributed by atoms with Crippen molar-refractivity contribution in [3.63, 3.8) is 0 Å². The molecule has 2 rings (SSSR count). The molecule has 0 unspecified atom stereocenters. The number of rotatable bonds is 5. The molecule has 0 aromatic carbocycles. The highest BCUT2D eigenvalue weighted by Crippen LogP contribution is 2.33. The first kappa shape index (κ1) is 11.2. The van der Waals surface area contributed by atoms with Gasteiger partial charge in [0.05, 0.1) is 12.2 Å². The molecule has 0 aliphatic heterocycles. The highest BCUT2D eigenvalue weighted by Gasteiger charge is 2.25. The highest BCUT2D eigenvalue weighted by molar-refractivity contribution is 5.37. The molecule has 0 radical (unpaired) electrons. The average molecular weight is 222 g/mol. The molecule has 1 aromatic heterocycles. The van der Waals surface area contributed by atoms with Gasteiger partial charge in [-0.15, -0.1) is 0 Å². The van der Waals surface area contributed by atoms with Crippen molar-refractivity contribution in [1.29, 1.82) is 0 Å². The molecule has 0 bridgehead atoms. The van der Waals surface area contributed by atoms with Gasteiger partial charge in [0.15, 0.2) is 5.75 Å². The van der Waals surface area contributed by atoms with Crippen molar-refractivity contribution < 1.29 is 9.47 Å². The zero-order valence-electron chi connectivity index (χ0n) is 9.77. The van der Waals surface area contributed by atoms with E-state index in [1.807, 2.05) is 19.9 Å². The molecule has 16 heavy (non-hydrogen) atoms. The summed E-state index contributed by atoms with van der Waals surface area (Å²) in [4.78, 5) is 4.24. The van der Waals surface area contributed by atoms with Gasteiger partial charge in [-0.1, -0.05) is 0 Å². The van der Waals surface area contributed by atoms with Crippen molar-refractivity contribution >= 4 is 0 Å². The quantitative estimate of drug-likeness (QED) is 0.826. The second-order valence-corrected chi connectivity index (χ2v) is 4.33. The molecule has 88 valence electrons. The Hall–Kier alpha value is -1.29. The Balaban J connectivity index is 2.19. The van der Waals surface area contributed by atoms with E-state index in [0.717, 1.165) is 24.2 Å². The third-order valence-electron chi connectivity index (χ3n) is 2.28. The Kier molecular flexibility index (Phi) is 3.29. The summed E-state index contributed by atoms with van der Waals surface area (Å²) in [5.74, 6) is 1.29. The van der Waals surface area contributed by atoms with Crippen LogP contribution in [0.15, 0.2) is 12.3 Å². The van der Waals surface area contributed by atoms with Crippen LogP contribution in [0.3, 0.4) is 0 Å². The molecule has 1 saturated carbocycles. The van der Waals surface area contributed by atoms with Gasteiger partial charge in [-0.2, -0.15) is 0 Å². The lowest BCUT2D eigenvalue weighted by molar-refractivity contribution is 0.208. The average Bonchev–Trinajstić information content (AvgIpc) is 3.04. The number of nitrogens with zero attached hydrogens (tertiary/aromatic N) is 1. The van der Waals surface area contributed by atoms with E-state index in [2.05, 4.69) is 4.98 Å². The van der Waals surface area contributed by atoms with Gasteiger partial charge < -0.3 is 15.2 Å². The predicted octanol–water partition coefficient (Wildman–Crippen LogP) is 1.87. The van der Waals surface area contributed by atoms with Gasteiger partial charge in [-0.3, -0.25) is 0 Å². The summed E-state index contributed by atoms with van der Waals surface area (Å²) in [7, 11) is 0. The molecular weight excluding hydrogens is 204 g/mol. The molecule has 1 fully saturated rings. The summed E-state index contributed by atoms with van der Waals surface area (Å²) in [5, 5.41) is 0. The fraction of sp³-hybridized carbons (Fsp3) is 0.583. The van der Waals surface area contributed by atoms with Gasteiger partial charge in [-0.05, 0) is 38.3 Å². The highest BCUT2D eigenvalue weighted by atomic mass is 16.5. The second kappa shape index (κ2) is 4.70. The summed E-state index contributed by atoms with van der Waals surface area (Å²) in [6.45, 7) is 4.41. The van der Waals surface area contributed by atoms with Gasteiger partial charge in [0, 0.05) is 12.7 Å². The summed E-state index contributed by atoms with van der Waals surface area (Å²) in [5.41, 5.74) is 6.54. The van der Waals surface area contributed by atoms with E-state index in [-0.39, 0.29) is 6.10 Å². The molecule has 4 heteroatoms. The summed E-state index contributed by atoms with van der Waals surface area (Å²) >= 11 is 0. The predicted molar refractivity (Wildman–Crippen MR) is 61.5 cm³/mol. The lowest BCUT2D eigenvalue weighted by Crippen LogP contribution is -2.10.